The molecule has 3 rings (SSSR count). The summed E-state index contributed by atoms with van der Waals surface area (Å²) in [7, 11) is 0. The van der Waals surface area contributed by atoms with Gasteiger partial charge >= 0.3 is 5.97 Å². The predicted molar refractivity (Wildman–Crippen MR) is 111 cm³/mol. The Kier molecular flexibility index (Phi) is 6.54. The summed E-state index contributed by atoms with van der Waals surface area (Å²) in [6.45, 7) is 5.96. The Labute approximate surface area is 170 Å². The van der Waals surface area contributed by atoms with Crippen LogP contribution >= 0.6 is 0 Å². The van der Waals surface area contributed by atoms with Gasteiger partial charge in [0, 0.05) is 29.3 Å². The maximum atomic E-state index is 12.0. The molecule has 152 valence electrons. The Morgan fingerprint density at radius 3 is 2.83 bits per heavy atom. The van der Waals surface area contributed by atoms with Crippen molar-refractivity contribution in [1.29, 1.82) is 0 Å². The zero-order valence-corrected chi connectivity index (χ0v) is 16.9. The fraction of sp³-hybridized carbons (Fsp3) is 0.304. The SMILES string of the molecule is CCOc1cc2c(cc1/C=C/C(=O)OCC(=O)Nc1ccccc1C)O[C@H](C)C2. The minimum Gasteiger partial charge on any atom is -0.493 e. The van der Waals surface area contributed by atoms with Gasteiger partial charge in [-0.15, -0.1) is 0 Å². The van der Waals surface area contributed by atoms with Crippen LogP contribution < -0.4 is 14.8 Å². The normalized spacial score (nSPS) is 14.9. The van der Waals surface area contributed by atoms with Gasteiger partial charge in [0.15, 0.2) is 6.61 Å². The lowest BCUT2D eigenvalue weighted by molar-refractivity contribution is -0.142. The van der Waals surface area contributed by atoms with Crippen molar-refractivity contribution in [1.82, 2.24) is 0 Å². The summed E-state index contributed by atoms with van der Waals surface area (Å²) in [6, 6.07) is 11.2. The smallest absolute Gasteiger partial charge is 0.331 e. The van der Waals surface area contributed by atoms with Crippen LogP contribution in [0.3, 0.4) is 0 Å². The number of nitrogens with one attached hydrogen (secondary N) is 1. The Morgan fingerprint density at radius 1 is 1.28 bits per heavy atom. The van der Waals surface area contributed by atoms with Crippen molar-refractivity contribution < 1.29 is 23.8 Å². The number of esters is 1. The van der Waals surface area contributed by atoms with Crippen LogP contribution in [0.1, 0.15) is 30.5 Å². The van der Waals surface area contributed by atoms with Gasteiger partial charge in [-0.3, -0.25) is 4.79 Å². The van der Waals surface area contributed by atoms with E-state index in [0.717, 1.165) is 28.9 Å². The first-order valence-corrected chi connectivity index (χ1v) is 9.63. The van der Waals surface area contributed by atoms with Crippen LogP contribution in [0, 0.1) is 6.92 Å². The van der Waals surface area contributed by atoms with E-state index in [4.69, 9.17) is 14.2 Å². The van der Waals surface area contributed by atoms with Crippen LogP contribution in [0.2, 0.25) is 0 Å². The molecule has 0 fully saturated rings. The maximum Gasteiger partial charge on any atom is 0.331 e. The maximum absolute atomic E-state index is 12.0. The quantitative estimate of drug-likeness (QED) is 0.568. The van der Waals surface area contributed by atoms with E-state index in [1.54, 1.807) is 12.1 Å². The van der Waals surface area contributed by atoms with Crippen LogP contribution in [0.4, 0.5) is 5.69 Å². The van der Waals surface area contributed by atoms with E-state index in [2.05, 4.69) is 5.32 Å². The highest BCUT2D eigenvalue weighted by Crippen LogP contribution is 2.35. The number of aryl methyl sites for hydroxylation is 1. The molecule has 0 saturated carbocycles. The molecule has 6 nitrogen and oxygen atoms in total. The molecule has 29 heavy (non-hydrogen) atoms. The van der Waals surface area contributed by atoms with Gasteiger partial charge in [0.25, 0.3) is 5.91 Å². The minimum absolute atomic E-state index is 0.121. The van der Waals surface area contributed by atoms with Crippen LogP contribution in [0.15, 0.2) is 42.5 Å². The van der Waals surface area contributed by atoms with Crippen molar-refractivity contribution in [2.45, 2.75) is 33.3 Å². The third kappa shape index (κ3) is 5.38. The molecule has 1 atom stereocenters. The number of hydrogen-bond donors (Lipinski definition) is 1. The molecule has 0 aromatic heterocycles. The molecule has 2 aromatic carbocycles. The largest absolute Gasteiger partial charge is 0.493 e. The first kappa shape index (κ1) is 20.5. The Morgan fingerprint density at radius 2 is 2.07 bits per heavy atom. The number of para-hydroxylation sites is 1. The molecule has 2 aromatic rings. The van der Waals surface area contributed by atoms with Crippen molar-refractivity contribution in [2.24, 2.45) is 0 Å². The molecule has 1 amide bonds. The van der Waals surface area contributed by atoms with Crippen LogP contribution in [-0.4, -0.2) is 31.2 Å². The van der Waals surface area contributed by atoms with Gasteiger partial charge in [0.1, 0.15) is 17.6 Å². The standard InChI is InChI=1S/C23H25NO5/c1-4-27-20-13-18-11-16(3)29-21(18)12-17(20)9-10-23(26)28-14-22(25)24-19-8-6-5-7-15(19)2/h5-10,12-13,16H,4,11,14H2,1-3H3,(H,24,25)/b10-9+/t16-/m1/s1. The van der Waals surface area contributed by atoms with Gasteiger partial charge in [0.2, 0.25) is 0 Å². The summed E-state index contributed by atoms with van der Waals surface area (Å²) in [5, 5.41) is 2.72. The van der Waals surface area contributed by atoms with E-state index in [0.29, 0.717) is 18.0 Å². The topological polar surface area (TPSA) is 73.9 Å². The number of carbonyl (C=O) groups is 2. The lowest BCUT2D eigenvalue weighted by Gasteiger charge is -2.10. The number of hydrogen-bond acceptors (Lipinski definition) is 5. The summed E-state index contributed by atoms with van der Waals surface area (Å²) in [4.78, 5) is 24.0. The molecule has 1 aliphatic heterocycles. The van der Waals surface area contributed by atoms with E-state index >= 15 is 0 Å². The van der Waals surface area contributed by atoms with E-state index in [1.807, 2.05) is 51.1 Å². The number of amides is 1. The van der Waals surface area contributed by atoms with E-state index < -0.39 is 11.9 Å². The third-order valence-corrected chi connectivity index (χ3v) is 4.49. The van der Waals surface area contributed by atoms with Gasteiger partial charge in [-0.05, 0) is 50.6 Å². The van der Waals surface area contributed by atoms with Gasteiger partial charge in [-0.1, -0.05) is 18.2 Å². The third-order valence-electron chi connectivity index (χ3n) is 4.49. The average molecular weight is 395 g/mol. The monoisotopic (exact) mass is 395 g/mol. The highest BCUT2D eigenvalue weighted by atomic mass is 16.5. The minimum atomic E-state index is -0.609. The second-order valence-corrected chi connectivity index (χ2v) is 6.87. The molecule has 0 radical (unpaired) electrons. The first-order chi connectivity index (χ1) is 14.0. The number of anilines is 1. The lowest BCUT2D eigenvalue weighted by Crippen LogP contribution is -2.20. The zero-order chi connectivity index (χ0) is 20.8. The molecule has 6 heteroatoms. The Hall–Kier alpha value is -3.28. The van der Waals surface area contributed by atoms with Gasteiger partial charge in [-0.2, -0.15) is 0 Å². The summed E-state index contributed by atoms with van der Waals surface area (Å²) in [5.74, 6) is 0.481. The summed E-state index contributed by atoms with van der Waals surface area (Å²) >= 11 is 0. The van der Waals surface area contributed by atoms with Crippen molar-refractivity contribution in [3.8, 4) is 11.5 Å². The second-order valence-electron chi connectivity index (χ2n) is 6.87. The van der Waals surface area contributed by atoms with Crippen molar-refractivity contribution >= 4 is 23.6 Å². The molecule has 1 N–H and O–H groups in total. The average Bonchev–Trinajstić information content (AvgIpc) is 3.05. The van der Waals surface area contributed by atoms with Gasteiger partial charge < -0.3 is 19.5 Å². The molecule has 0 aliphatic carbocycles. The Bertz CT molecular complexity index is 935. The highest BCUT2D eigenvalue weighted by molar-refractivity contribution is 5.95. The molecular weight excluding hydrogens is 370 g/mol. The van der Waals surface area contributed by atoms with E-state index in [9.17, 15) is 9.59 Å². The van der Waals surface area contributed by atoms with Crippen LogP contribution in [-0.2, 0) is 20.7 Å². The van der Waals surface area contributed by atoms with Crippen molar-refractivity contribution in [2.75, 3.05) is 18.5 Å². The molecule has 0 unspecified atom stereocenters. The number of benzene rings is 2. The Balaban J connectivity index is 1.60. The number of fused-ring (bicyclic) bond motifs is 1. The number of rotatable bonds is 7. The zero-order valence-electron chi connectivity index (χ0n) is 16.9. The summed E-state index contributed by atoms with van der Waals surface area (Å²) in [5.41, 5.74) is 3.44. The molecule has 1 heterocycles. The lowest BCUT2D eigenvalue weighted by atomic mass is 10.1. The predicted octanol–water partition coefficient (Wildman–Crippen LogP) is 3.91. The van der Waals surface area contributed by atoms with E-state index in [1.165, 1.54) is 6.08 Å². The molecule has 0 bridgehead atoms. The molecular formula is C23H25NO5. The molecule has 0 spiro atoms. The summed E-state index contributed by atoms with van der Waals surface area (Å²) in [6.07, 6.45) is 3.84. The van der Waals surface area contributed by atoms with Crippen LogP contribution in [0.25, 0.3) is 6.08 Å². The fourth-order valence-corrected chi connectivity index (χ4v) is 3.11. The van der Waals surface area contributed by atoms with Crippen molar-refractivity contribution in [3.05, 3.63) is 59.2 Å². The molecule has 0 saturated heterocycles. The fourth-order valence-electron chi connectivity index (χ4n) is 3.11. The second kappa shape index (κ2) is 9.28. The highest BCUT2D eigenvalue weighted by Gasteiger charge is 2.21. The summed E-state index contributed by atoms with van der Waals surface area (Å²) < 4.78 is 16.5. The first-order valence-electron chi connectivity index (χ1n) is 9.63. The van der Waals surface area contributed by atoms with Crippen molar-refractivity contribution in [3.63, 3.8) is 0 Å². The van der Waals surface area contributed by atoms with Gasteiger partial charge in [0.05, 0.1) is 6.61 Å². The van der Waals surface area contributed by atoms with Crippen LogP contribution in [0.5, 0.6) is 11.5 Å². The van der Waals surface area contributed by atoms with Gasteiger partial charge in [-0.25, -0.2) is 4.79 Å². The number of ether oxygens (including phenoxy) is 3. The molecule has 1 aliphatic rings. The number of carbonyl (C=O) groups excluding carboxylic acids is 2. The van der Waals surface area contributed by atoms with E-state index in [-0.39, 0.29) is 12.7 Å².